The Hall–Kier alpha value is -1.54. The number of hydrogen-bond acceptors (Lipinski definition) is 5. The molecule has 132 valence electrons. The second kappa shape index (κ2) is 7.14. The zero-order valence-corrected chi connectivity index (χ0v) is 14.8. The Morgan fingerprint density at radius 3 is 2.75 bits per heavy atom. The molecular weight excluding hydrogens is 328 g/mol. The third-order valence-corrected chi connectivity index (χ3v) is 6.97. The molecule has 2 fully saturated rings. The molecule has 1 amide bonds. The van der Waals surface area contributed by atoms with Crippen LogP contribution >= 0.6 is 0 Å². The average Bonchev–Trinajstić information content (AvgIpc) is 3.15. The van der Waals surface area contributed by atoms with Crippen LogP contribution in [-0.4, -0.2) is 64.4 Å². The monoisotopic (exact) mass is 352 g/mol. The van der Waals surface area contributed by atoms with Crippen LogP contribution < -0.4 is 0 Å². The van der Waals surface area contributed by atoms with E-state index in [4.69, 9.17) is 0 Å². The second-order valence-electron chi connectivity index (χ2n) is 6.42. The molecule has 2 saturated heterocycles. The lowest BCUT2D eigenvalue weighted by Crippen LogP contribution is -2.42. The molecule has 0 N–H and O–H groups in total. The van der Waals surface area contributed by atoms with Gasteiger partial charge in [-0.1, -0.05) is 6.92 Å². The Labute approximate surface area is 143 Å². The van der Waals surface area contributed by atoms with Gasteiger partial charge in [-0.25, -0.2) is 8.42 Å². The summed E-state index contributed by atoms with van der Waals surface area (Å²) in [6, 6.07) is -0.00648. The van der Waals surface area contributed by atoms with Crippen LogP contribution in [0.1, 0.15) is 38.3 Å². The molecule has 3 rings (SSSR count). The molecule has 0 aliphatic carbocycles. The van der Waals surface area contributed by atoms with Crippen LogP contribution in [0, 0.1) is 0 Å². The molecule has 0 radical (unpaired) electrons. The van der Waals surface area contributed by atoms with Gasteiger partial charge < -0.3 is 4.90 Å². The quantitative estimate of drug-likeness (QED) is 0.757. The van der Waals surface area contributed by atoms with Gasteiger partial charge in [0.15, 0.2) is 0 Å². The molecule has 0 unspecified atom stereocenters. The Morgan fingerprint density at radius 2 is 2.04 bits per heavy atom. The molecule has 0 spiro atoms. The van der Waals surface area contributed by atoms with E-state index in [1.807, 2.05) is 11.8 Å². The molecule has 3 heterocycles. The minimum atomic E-state index is -3.19. The molecule has 2 atom stereocenters. The summed E-state index contributed by atoms with van der Waals surface area (Å²) in [5.41, 5.74) is 0.806. The van der Waals surface area contributed by atoms with Gasteiger partial charge in [0.25, 0.3) is 0 Å². The molecule has 0 saturated carbocycles. The Balaban J connectivity index is 1.61. The van der Waals surface area contributed by atoms with E-state index in [1.54, 1.807) is 22.9 Å². The van der Waals surface area contributed by atoms with Gasteiger partial charge in [0.2, 0.25) is 15.9 Å². The molecule has 2 aliphatic heterocycles. The summed E-state index contributed by atoms with van der Waals surface area (Å²) < 4.78 is 26.4. The van der Waals surface area contributed by atoms with Gasteiger partial charge in [0.05, 0.1) is 11.4 Å². The number of carbonyl (C=O) groups is 1. The van der Waals surface area contributed by atoms with Crippen LogP contribution in [0.25, 0.3) is 0 Å². The van der Waals surface area contributed by atoms with E-state index in [1.165, 1.54) is 0 Å². The highest BCUT2D eigenvalue weighted by atomic mass is 32.2. The van der Waals surface area contributed by atoms with Gasteiger partial charge in [0.1, 0.15) is 0 Å². The Bertz CT molecular complexity index is 680. The zero-order valence-electron chi connectivity index (χ0n) is 14.0. The van der Waals surface area contributed by atoms with Crippen molar-refractivity contribution in [2.45, 2.75) is 51.1 Å². The maximum Gasteiger partial charge on any atom is 0.223 e. The van der Waals surface area contributed by atoms with E-state index in [2.05, 4.69) is 9.97 Å². The van der Waals surface area contributed by atoms with Crippen molar-refractivity contribution >= 4 is 15.9 Å². The first-order chi connectivity index (χ1) is 11.5. The fraction of sp³-hybridized carbons (Fsp3) is 0.688. The molecular formula is C16H24N4O3S. The highest BCUT2D eigenvalue weighted by molar-refractivity contribution is 7.89. The van der Waals surface area contributed by atoms with Crippen LogP contribution in [0.3, 0.4) is 0 Å². The van der Waals surface area contributed by atoms with Crippen molar-refractivity contribution in [3.05, 3.63) is 24.3 Å². The number of fused-ring (bicyclic) bond motifs is 1. The van der Waals surface area contributed by atoms with E-state index in [-0.39, 0.29) is 23.7 Å². The Morgan fingerprint density at radius 1 is 1.25 bits per heavy atom. The third kappa shape index (κ3) is 3.44. The minimum absolute atomic E-state index is 0.0333. The third-order valence-electron chi connectivity index (χ3n) is 4.88. The first-order valence-electron chi connectivity index (χ1n) is 8.57. The highest BCUT2D eigenvalue weighted by Gasteiger charge is 2.47. The summed E-state index contributed by atoms with van der Waals surface area (Å²) in [6.45, 7) is 3.06. The fourth-order valence-corrected chi connectivity index (χ4v) is 5.61. The molecule has 0 aromatic carbocycles. The number of sulfonamides is 1. The lowest BCUT2D eigenvalue weighted by molar-refractivity contribution is -0.132. The van der Waals surface area contributed by atoms with Gasteiger partial charge >= 0.3 is 0 Å². The number of aromatic nitrogens is 2. The number of rotatable bonds is 6. The first-order valence-corrected chi connectivity index (χ1v) is 10.2. The average molecular weight is 352 g/mol. The molecule has 8 heteroatoms. The first kappa shape index (κ1) is 17.3. The molecule has 7 nitrogen and oxygen atoms in total. The van der Waals surface area contributed by atoms with Crippen molar-refractivity contribution < 1.29 is 13.2 Å². The van der Waals surface area contributed by atoms with Crippen molar-refractivity contribution in [2.75, 3.05) is 18.8 Å². The van der Waals surface area contributed by atoms with Gasteiger partial charge in [0, 0.05) is 50.2 Å². The summed E-state index contributed by atoms with van der Waals surface area (Å²) in [5, 5.41) is 0. The molecule has 1 aromatic rings. The summed E-state index contributed by atoms with van der Waals surface area (Å²) in [7, 11) is -3.19. The number of aryl methyl sites for hydroxylation is 1. The number of carbonyl (C=O) groups excluding carboxylic acids is 1. The van der Waals surface area contributed by atoms with Crippen LogP contribution in [0.15, 0.2) is 18.6 Å². The summed E-state index contributed by atoms with van der Waals surface area (Å²) >= 11 is 0. The van der Waals surface area contributed by atoms with Gasteiger partial charge in [-0.3, -0.25) is 14.8 Å². The standard InChI is InChI=1S/C16H24N4O3S/c1-2-11-24(22,23)20-10-6-14-15(20)5-9-19(14)16(21)4-3-13-12-17-7-8-18-13/h7-8,12,14-15H,2-6,9-11H2,1H3/t14-,15-/m0/s1. The highest BCUT2D eigenvalue weighted by Crippen LogP contribution is 2.34. The molecule has 24 heavy (non-hydrogen) atoms. The Kier molecular flexibility index (Phi) is 5.15. The molecule has 0 bridgehead atoms. The number of amides is 1. The minimum Gasteiger partial charge on any atom is -0.338 e. The zero-order chi connectivity index (χ0) is 17.2. The van der Waals surface area contributed by atoms with Gasteiger partial charge in [-0.05, 0) is 25.7 Å². The van der Waals surface area contributed by atoms with Crippen molar-refractivity contribution in [2.24, 2.45) is 0 Å². The maximum absolute atomic E-state index is 12.6. The van der Waals surface area contributed by atoms with Gasteiger partial charge in [-0.2, -0.15) is 4.31 Å². The van der Waals surface area contributed by atoms with Crippen molar-refractivity contribution in [1.29, 1.82) is 0 Å². The van der Waals surface area contributed by atoms with Crippen molar-refractivity contribution in [1.82, 2.24) is 19.2 Å². The van der Waals surface area contributed by atoms with Gasteiger partial charge in [-0.15, -0.1) is 0 Å². The summed E-state index contributed by atoms with van der Waals surface area (Å²) in [6.07, 6.45) is 7.97. The second-order valence-corrected chi connectivity index (χ2v) is 8.46. The topological polar surface area (TPSA) is 83.5 Å². The van der Waals surface area contributed by atoms with E-state index in [9.17, 15) is 13.2 Å². The van der Waals surface area contributed by atoms with Crippen molar-refractivity contribution in [3.8, 4) is 0 Å². The number of likely N-dealkylation sites (tertiary alicyclic amines) is 1. The van der Waals surface area contributed by atoms with Crippen LogP contribution in [0.4, 0.5) is 0 Å². The van der Waals surface area contributed by atoms with Crippen LogP contribution in [0.5, 0.6) is 0 Å². The lowest BCUT2D eigenvalue weighted by atomic mass is 10.1. The van der Waals surface area contributed by atoms with Crippen LogP contribution in [0.2, 0.25) is 0 Å². The largest absolute Gasteiger partial charge is 0.338 e. The molecule has 2 aliphatic rings. The summed E-state index contributed by atoms with van der Waals surface area (Å²) in [5.74, 6) is 0.277. The maximum atomic E-state index is 12.6. The van der Waals surface area contributed by atoms with E-state index in [0.29, 0.717) is 32.4 Å². The van der Waals surface area contributed by atoms with E-state index in [0.717, 1.165) is 18.5 Å². The molecule has 1 aromatic heterocycles. The lowest BCUT2D eigenvalue weighted by Gasteiger charge is -2.25. The van der Waals surface area contributed by atoms with Crippen LogP contribution in [-0.2, 0) is 21.2 Å². The predicted molar refractivity (Wildman–Crippen MR) is 89.7 cm³/mol. The van der Waals surface area contributed by atoms with Crippen molar-refractivity contribution in [3.63, 3.8) is 0 Å². The summed E-state index contributed by atoms with van der Waals surface area (Å²) in [4.78, 5) is 22.6. The normalized spacial score (nSPS) is 24.3. The number of hydrogen-bond donors (Lipinski definition) is 0. The smallest absolute Gasteiger partial charge is 0.223 e. The SMILES string of the molecule is CCCS(=O)(=O)N1CC[C@H]2[C@@H]1CCN2C(=O)CCc1cnccn1. The predicted octanol–water partition coefficient (Wildman–Crippen LogP) is 0.824. The van der Waals surface area contributed by atoms with E-state index < -0.39 is 10.0 Å². The number of nitrogens with zero attached hydrogens (tertiary/aromatic N) is 4. The van der Waals surface area contributed by atoms with E-state index >= 15 is 0 Å². The fourth-order valence-electron chi connectivity index (χ4n) is 3.81.